The highest BCUT2D eigenvalue weighted by Crippen LogP contribution is 2.14. The van der Waals surface area contributed by atoms with Gasteiger partial charge in [0.15, 0.2) is 0 Å². The number of benzene rings is 1. The van der Waals surface area contributed by atoms with Crippen molar-refractivity contribution < 1.29 is 14.1 Å². The molecule has 0 spiro atoms. The summed E-state index contributed by atoms with van der Waals surface area (Å²) < 4.78 is 5.13. The Morgan fingerprint density at radius 1 is 1.16 bits per heavy atom. The van der Waals surface area contributed by atoms with Gasteiger partial charge in [0, 0.05) is 36.1 Å². The fourth-order valence-electron chi connectivity index (χ4n) is 2.14. The zero-order valence-corrected chi connectivity index (χ0v) is 13.4. The van der Waals surface area contributed by atoms with Crippen LogP contribution in [-0.2, 0) is 11.3 Å². The Labute approximate surface area is 143 Å². The summed E-state index contributed by atoms with van der Waals surface area (Å²) in [4.78, 5) is 31.4. The van der Waals surface area contributed by atoms with Crippen molar-refractivity contribution in [2.45, 2.75) is 13.5 Å². The highest BCUT2D eigenvalue weighted by atomic mass is 16.5. The van der Waals surface area contributed by atoms with Gasteiger partial charge in [-0.2, -0.15) is 4.98 Å². The van der Waals surface area contributed by atoms with Crippen molar-refractivity contribution >= 4 is 17.5 Å². The van der Waals surface area contributed by atoms with E-state index in [1.54, 1.807) is 48.8 Å². The van der Waals surface area contributed by atoms with Crippen LogP contribution in [0.2, 0.25) is 0 Å². The molecule has 2 N–H and O–H groups in total. The predicted molar refractivity (Wildman–Crippen MR) is 89.4 cm³/mol. The summed E-state index contributed by atoms with van der Waals surface area (Å²) in [6.45, 7) is 1.50. The number of hydrogen-bond acceptors (Lipinski definition) is 6. The molecule has 25 heavy (non-hydrogen) atoms. The van der Waals surface area contributed by atoms with Crippen LogP contribution >= 0.6 is 0 Å². The molecule has 0 unspecified atom stereocenters. The van der Waals surface area contributed by atoms with E-state index in [1.165, 1.54) is 6.92 Å². The number of rotatable bonds is 5. The van der Waals surface area contributed by atoms with Crippen molar-refractivity contribution in [2.75, 3.05) is 5.32 Å². The van der Waals surface area contributed by atoms with Gasteiger partial charge in [0.1, 0.15) is 0 Å². The van der Waals surface area contributed by atoms with Crippen LogP contribution in [0.15, 0.2) is 53.3 Å². The molecule has 0 fully saturated rings. The van der Waals surface area contributed by atoms with Crippen molar-refractivity contribution in [3.8, 4) is 11.4 Å². The van der Waals surface area contributed by atoms with Gasteiger partial charge in [-0.25, -0.2) is 0 Å². The number of amides is 2. The van der Waals surface area contributed by atoms with Crippen LogP contribution in [0.25, 0.3) is 11.4 Å². The van der Waals surface area contributed by atoms with Crippen LogP contribution in [0, 0.1) is 0 Å². The first kappa shape index (κ1) is 16.3. The van der Waals surface area contributed by atoms with E-state index in [1.807, 2.05) is 0 Å². The van der Waals surface area contributed by atoms with Gasteiger partial charge in [-0.1, -0.05) is 11.2 Å². The van der Waals surface area contributed by atoms with Crippen LogP contribution < -0.4 is 10.6 Å². The molecule has 2 aromatic heterocycles. The number of nitrogens with zero attached hydrogens (tertiary/aromatic N) is 3. The lowest BCUT2D eigenvalue weighted by Gasteiger charge is -2.05. The number of carbonyl (C=O) groups excluding carboxylic acids is 2. The monoisotopic (exact) mass is 337 g/mol. The molecule has 2 heterocycles. The first-order valence-corrected chi connectivity index (χ1v) is 7.50. The fraction of sp³-hybridized carbons (Fsp3) is 0.118. The van der Waals surface area contributed by atoms with Gasteiger partial charge in [-0.15, -0.1) is 0 Å². The van der Waals surface area contributed by atoms with E-state index in [9.17, 15) is 9.59 Å². The summed E-state index contributed by atoms with van der Waals surface area (Å²) in [6, 6.07) is 10.2. The molecule has 0 aliphatic rings. The number of aromatic nitrogens is 3. The Bertz CT molecular complexity index is 892. The van der Waals surface area contributed by atoms with E-state index in [0.29, 0.717) is 17.1 Å². The Hall–Kier alpha value is -3.55. The maximum atomic E-state index is 12.2. The molecule has 2 amide bonds. The predicted octanol–water partition coefficient (Wildman–Crippen LogP) is 2.02. The summed E-state index contributed by atoms with van der Waals surface area (Å²) in [5.74, 6) is 0.209. The van der Waals surface area contributed by atoms with E-state index < -0.39 is 0 Å². The van der Waals surface area contributed by atoms with Crippen molar-refractivity contribution in [3.05, 3.63) is 60.2 Å². The lowest BCUT2D eigenvalue weighted by Crippen LogP contribution is -2.23. The molecule has 126 valence electrons. The molecule has 0 aliphatic heterocycles. The van der Waals surface area contributed by atoms with Crippen molar-refractivity contribution in [1.82, 2.24) is 20.4 Å². The standard InChI is InChI=1S/C17H15N5O3/c1-11(23)20-14-4-2-3-13(9-14)17(24)19-10-15-21-16(22-25-15)12-5-7-18-8-6-12/h2-9H,10H2,1H3,(H,19,24)(H,20,23). The molecular weight excluding hydrogens is 322 g/mol. The Kier molecular flexibility index (Phi) is 4.79. The molecule has 3 rings (SSSR count). The van der Waals surface area contributed by atoms with Crippen LogP contribution in [0.5, 0.6) is 0 Å². The molecule has 1 aromatic carbocycles. The fourth-order valence-corrected chi connectivity index (χ4v) is 2.14. The third-order valence-electron chi connectivity index (χ3n) is 3.25. The van der Waals surface area contributed by atoms with Gasteiger partial charge >= 0.3 is 0 Å². The van der Waals surface area contributed by atoms with E-state index in [2.05, 4.69) is 25.8 Å². The first-order valence-electron chi connectivity index (χ1n) is 7.50. The van der Waals surface area contributed by atoms with Crippen molar-refractivity contribution in [1.29, 1.82) is 0 Å². The second-order valence-electron chi connectivity index (χ2n) is 5.19. The minimum absolute atomic E-state index is 0.0985. The maximum absolute atomic E-state index is 12.2. The van der Waals surface area contributed by atoms with Gasteiger partial charge < -0.3 is 15.2 Å². The average Bonchev–Trinajstić information content (AvgIpc) is 3.09. The molecule has 0 atom stereocenters. The zero-order valence-electron chi connectivity index (χ0n) is 13.4. The molecule has 0 saturated heterocycles. The Morgan fingerprint density at radius 2 is 1.96 bits per heavy atom. The molecule has 0 radical (unpaired) electrons. The van der Waals surface area contributed by atoms with E-state index >= 15 is 0 Å². The second kappa shape index (κ2) is 7.35. The zero-order chi connectivity index (χ0) is 17.6. The smallest absolute Gasteiger partial charge is 0.251 e. The third-order valence-corrected chi connectivity index (χ3v) is 3.25. The molecular formula is C17H15N5O3. The lowest BCUT2D eigenvalue weighted by atomic mass is 10.2. The van der Waals surface area contributed by atoms with Gasteiger partial charge in [-0.3, -0.25) is 14.6 Å². The summed E-state index contributed by atoms with van der Waals surface area (Å²) in [5.41, 5.74) is 1.75. The molecule has 0 aliphatic carbocycles. The van der Waals surface area contributed by atoms with E-state index in [4.69, 9.17) is 4.52 Å². The summed E-state index contributed by atoms with van der Waals surface area (Å²) in [6.07, 6.45) is 3.27. The van der Waals surface area contributed by atoms with Gasteiger partial charge in [0.25, 0.3) is 5.91 Å². The molecule has 8 heteroatoms. The van der Waals surface area contributed by atoms with Gasteiger partial charge in [0.05, 0.1) is 6.54 Å². The highest BCUT2D eigenvalue weighted by Gasteiger charge is 2.11. The number of nitrogens with one attached hydrogen (secondary N) is 2. The third kappa shape index (κ3) is 4.25. The van der Waals surface area contributed by atoms with Gasteiger partial charge in [-0.05, 0) is 30.3 Å². The number of carbonyl (C=O) groups is 2. The largest absolute Gasteiger partial charge is 0.343 e. The minimum Gasteiger partial charge on any atom is -0.343 e. The first-order chi connectivity index (χ1) is 12.1. The second-order valence-corrected chi connectivity index (χ2v) is 5.19. The Balaban J connectivity index is 1.63. The summed E-state index contributed by atoms with van der Waals surface area (Å²) in [5, 5.41) is 9.20. The molecule has 3 aromatic rings. The minimum atomic E-state index is -0.309. The molecule has 8 nitrogen and oxygen atoms in total. The topological polar surface area (TPSA) is 110 Å². The lowest BCUT2D eigenvalue weighted by molar-refractivity contribution is -0.114. The van der Waals surface area contributed by atoms with Crippen LogP contribution in [-0.4, -0.2) is 26.9 Å². The highest BCUT2D eigenvalue weighted by molar-refractivity contribution is 5.96. The number of hydrogen-bond donors (Lipinski definition) is 2. The van der Waals surface area contributed by atoms with E-state index in [0.717, 1.165) is 5.56 Å². The van der Waals surface area contributed by atoms with Crippen molar-refractivity contribution in [2.24, 2.45) is 0 Å². The molecule has 0 saturated carbocycles. The Morgan fingerprint density at radius 3 is 2.72 bits per heavy atom. The average molecular weight is 337 g/mol. The van der Waals surface area contributed by atoms with Crippen LogP contribution in [0.1, 0.15) is 23.2 Å². The normalized spacial score (nSPS) is 10.3. The summed E-state index contributed by atoms with van der Waals surface area (Å²) in [7, 11) is 0. The van der Waals surface area contributed by atoms with Gasteiger partial charge in [0.2, 0.25) is 17.6 Å². The maximum Gasteiger partial charge on any atom is 0.251 e. The van der Waals surface area contributed by atoms with Crippen LogP contribution in [0.4, 0.5) is 5.69 Å². The summed E-state index contributed by atoms with van der Waals surface area (Å²) >= 11 is 0. The van der Waals surface area contributed by atoms with Crippen molar-refractivity contribution in [3.63, 3.8) is 0 Å². The van der Waals surface area contributed by atoms with Crippen LogP contribution in [0.3, 0.4) is 0 Å². The molecule has 0 bridgehead atoms. The quantitative estimate of drug-likeness (QED) is 0.737. The van der Waals surface area contributed by atoms with E-state index in [-0.39, 0.29) is 24.2 Å². The number of anilines is 1. The SMILES string of the molecule is CC(=O)Nc1cccc(C(=O)NCc2nc(-c3ccncc3)no2)c1. The number of pyridine rings is 1.